The van der Waals surface area contributed by atoms with Gasteiger partial charge in [0.05, 0.1) is 22.2 Å². The molecule has 5 aromatic rings. The quantitative estimate of drug-likeness (QED) is 0.159. The van der Waals surface area contributed by atoms with Gasteiger partial charge in [-0.2, -0.15) is 13.0 Å². The highest BCUT2D eigenvalue weighted by Gasteiger charge is 2.31. The van der Waals surface area contributed by atoms with Gasteiger partial charge < -0.3 is 10.0 Å². The van der Waals surface area contributed by atoms with Gasteiger partial charge in [0.15, 0.2) is 0 Å². The minimum atomic E-state index is -4.37. The summed E-state index contributed by atoms with van der Waals surface area (Å²) in [6.07, 6.45) is 1.80. The summed E-state index contributed by atoms with van der Waals surface area (Å²) in [6, 6.07) is 25.4. The number of rotatable bonds is 6. The number of benzene rings is 4. The highest BCUT2D eigenvalue weighted by atomic mass is 79.9. The fourth-order valence-corrected chi connectivity index (χ4v) is 7.92. The number of carbonyl (C=O) groups is 1. The molecular formula is C28H20BrN2O5S3+. The Morgan fingerprint density at radius 3 is 2.49 bits per heavy atom. The molecule has 0 unspecified atom stereocenters. The third kappa shape index (κ3) is 5.20. The molecule has 1 aromatic heterocycles. The molecule has 0 bridgehead atoms. The number of fused-ring (bicyclic) bond motifs is 4. The largest absolute Gasteiger partial charge is 0.480 e. The summed E-state index contributed by atoms with van der Waals surface area (Å²) >= 11 is 6.27. The van der Waals surface area contributed by atoms with Crippen LogP contribution in [0.1, 0.15) is 5.01 Å². The highest BCUT2D eigenvalue weighted by molar-refractivity contribution is 9.10. The third-order valence-corrected chi connectivity index (χ3v) is 9.68. The molecule has 39 heavy (non-hydrogen) atoms. The Balaban J connectivity index is 1.50. The Hall–Kier alpha value is -3.22. The molecule has 0 radical (unpaired) electrons. The van der Waals surface area contributed by atoms with E-state index in [1.165, 1.54) is 23.1 Å². The first-order valence-corrected chi connectivity index (χ1v) is 15.8. The molecule has 6 rings (SSSR count). The van der Waals surface area contributed by atoms with Crippen LogP contribution in [0, 0.1) is 0 Å². The number of hydrogen-bond donors (Lipinski definition) is 2. The summed E-state index contributed by atoms with van der Waals surface area (Å²) in [7, 11) is -4.37. The second-order valence-electron chi connectivity index (χ2n) is 8.97. The van der Waals surface area contributed by atoms with E-state index in [0.717, 1.165) is 41.7 Å². The number of aliphatic carboxylic acids is 1. The Kier molecular flexibility index (Phi) is 6.72. The smallest absolute Gasteiger partial charge is 0.326 e. The van der Waals surface area contributed by atoms with Crippen molar-refractivity contribution in [3.8, 4) is 11.1 Å². The maximum Gasteiger partial charge on any atom is 0.326 e. The predicted octanol–water partition coefficient (Wildman–Crippen LogP) is 6.61. The molecule has 1 aliphatic heterocycles. The van der Waals surface area contributed by atoms with Gasteiger partial charge in [-0.15, -0.1) is 0 Å². The fraction of sp³-hybridized carbons (Fsp3) is 0.0714. The van der Waals surface area contributed by atoms with E-state index in [-0.39, 0.29) is 6.54 Å². The van der Waals surface area contributed by atoms with Gasteiger partial charge in [-0.25, -0.2) is 0 Å². The van der Waals surface area contributed by atoms with Crippen molar-refractivity contribution in [3.05, 3.63) is 93.4 Å². The number of carboxylic acids is 1. The van der Waals surface area contributed by atoms with Crippen molar-refractivity contribution >= 4 is 87.9 Å². The van der Waals surface area contributed by atoms with Crippen LogP contribution in [0.2, 0.25) is 0 Å². The summed E-state index contributed by atoms with van der Waals surface area (Å²) in [5.41, 5.74) is 3.42. The molecule has 7 nitrogen and oxygen atoms in total. The predicted molar refractivity (Wildman–Crippen MR) is 159 cm³/mol. The van der Waals surface area contributed by atoms with E-state index in [2.05, 4.69) is 15.9 Å². The van der Waals surface area contributed by atoms with Gasteiger partial charge in [0.2, 0.25) is 5.52 Å². The average molecular weight is 641 g/mol. The maximum absolute atomic E-state index is 12.1. The minimum absolute atomic E-state index is 0.262. The number of thiazole rings is 1. The zero-order chi connectivity index (χ0) is 27.3. The summed E-state index contributed by atoms with van der Waals surface area (Å²) in [4.78, 5) is 14.5. The Labute approximate surface area is 240 Å². The molecule has 0 aliphatic carbocycles. The zero-order valence-electron chi connectivity index (χ0n) is 20.1. The van der Waals surface area contributed by atoms with Crippen LogP contribution in [-0.4, -0.2) is 30.6 Å². The van der Waals surface area contributed by atoms with Crippen molar-refractivity contribution in [3.63, 3.8) is 0 Å². The molecule has 0 amide bonds. The van der Waals surface area contributed by atoms with Crippen LogP contribution in [0.25, 0.3) is 38.2 Å². The van der Waals surface area contributed by atoms with Crippen molar-refractivity contribution < 1.29 is 27.4 Å². The average Bonchev–Trinajstić information content (AvgIpc) is 3.40. The standard InChI is InChI=1S/C28H19BrN2O5S3/c29-20-9-5-17(6-10-20)19-8-11-23-22(13-19)30(15-27(32)33)25(37-23)14-26-31(16-39(34,35)36)28-21-4-2-1-3-18(21)7-12-24(28)38-26/h1-14H,15-16H2,(H-,32,33,34,35,36)/p+1. The normalized spacial score (nSPS) is 14.4. The first-order valence-electron chi connectivity index (χ1n) is 11.7. The second kappa shape index (κ2) is 10.1. The summed E-state index contributed by atoms with van der Waals surface area (Å²) in [6.45, 7) is -0.262. The number of nitrogens with zero attached hydrogens (tertiary/aromatic N) is 2. The van der Waals surface area contributed by atoms with E-state index < -0.39 is 22.0 Å². The first-order chi connectivity index (χ1) is 18.7. The fourth-order valence-electron chi connectivity index (χ4n) is 4.71. The number of hydrogen-bond acceptors (Lipinski definition) is 6. The van der Waals surface area contributed by atoms with Crippen LogP contribution in [0.4, 0.5) is 5.69 Å². The highest BCUT2D eigenvalue weighted by Crippen LogP contribution is 2.48. The summed E-state index contributed by atoms with van der Waals surface area (Å²) in [5, 5.41) is 12.8. The molecule has 0 fully saturated rings. The molecule has 4 aromatic carbocycles. The molecule has 2 heterocycles. The molecular weight excluding hydrogens is 620 g/mol. The van der Waals surface area contributed by atoms with E-state index in [4.69, 9.17) is 0 Å². The summed E-state index contributed by atoms with van der Waals surface area (Å²) < 4.78 is 37.4. The zero-order valence-corrected chi connectivity index (χ0v) is 24.1. The van der Waals surface area contributed by atoms with E-state index >= 15 is 0 Å². The topological polar surface area (TPSA) is 98.8 Å². The minimum Gasteiger partial charge on any atom is -0.480 e. The van der Waals surface area contributed by atoms with Gasteiger partial charge in [-0.1, -0.05) is 81.5 Å². The van der Waals surface area contributed by atoms with Crippen LogP contribution in [-0.2, 0) is 20.8 Å². The van der Waals surface area contributed by atoms with Gasteiger partial charge in [0, 0.05) is 9.37 Å². The maximum atomic E-state index is 12.1. The number of carboxylic acid groups (broad SMARTS) is 1. The van der Waals surface area contributed by atoms with Crippen molar-refractivity contribution in [2.75, 3.05) is 11.4 Å². The molecule has 0 saturated carbocycles. The van der Waals surface area contributed by atoms with Crippen LogP contribution in [0.3, 0.4) is 0 Å². The Morgan fingerprint density at radius 2 is 1.74 bits per heavy atom. The lowest BCUT2D eigenvalue weighted by atomic mass is 10.0. The monoisotopic (exact) mass is 639 g/mol. The number of aromatic nitrogens is 1. The van der Waals surface area contributed by atoms with Gasteiger partial charge in [-0.3, -0.25) is 9.35 Å². The van der Waals surface area contributed by atoms with Gasteiger partial charge >= 0.3 is 16.1 Å². The lowest BCUT2D eigenvalue weighted by Gasteiger charge is -2.18. The van der Waals surface area contributed by atoms with Crippen LogP contribution < -0.4 is 9.47 Å². The van der Waals surface area contributed by atoms with E-state index in [0.29, 0.717) is 15.6 Å². The van der Waals surface area contributed by atoms with Crippen molar-refractivity contribution in [1.29, 1.82) is 0 Å². The van der Waals surface area contributed by atoms with Crippen LogP contribution in [0.5, 0.6) is 0 Å². The molecule has 1 aliphatic rings. The van der Waals surface area contributed by atoms with E-state index in [1.807, 2.05) is 78.9 Å². The third-order valence-electron chi connectivity index (χ3n) is 6.35. The van der Waals surface area contributed by atoms with E-state index in [9.17, 15) is 22.9 Å². The lowest BCUT2D eigenvalue weighted by molar-refractivity contribution is -0.648. The second-order valence-corrected chi connectivity index (χ2v) is 13.4. The van der Waals surface area contributed by atoms with Crippen molar-refractivity contribution in [2.45, 2.75) is 10.8 Å². The number of thioether (sulfide) groups is 1. The van der Waals surface area contributed by atoms with Gasteiger partial charge in [0.1, 0.15) is 11.2 Å². The Bertz CT molecular complexity index is 1920. The molecule has 196 valence electrons. The number of anilines is 1. The molecule has 2 N–H and O–H groups in total. The van der Waals surface area contributed by atoms with E-state index in [1.54, 1.807) is 15.5 Å². The Morgan fingerprint density at radius 1 is 1.00 bits per heavy atom. The van der Waals surface area contributed by atoms with Crippen molar-refractivity contribution in [2.24, 2.45) is 0 Å². The molecule has 0 atom stereocenters. The van der Waals surface area contributed by atoms with Crippen LogP contribution >= 0.6 is 39.0 Å². The molecule has 0 saturated heterocycles. The first kappa shape index (κ1) is 26.0. The number of halogens is 1. The van der Waals surface area contributed by atoms with Crippen molar-refractivity contribution in [1.82, 2.24) is 0 Å². The SMILES string of the molecule is O=C(O)CN1C(=Cc2sc3ccc4ccccc4c3[n+]2CS(=O)(=O)O)Sc2ccc(-c3ccc(Br)cc3)cc21. The van der Waals surface area contributed by atoms with Crippen LogP contribution in [0.15, 0.2) is 93.3 Å². The molecule has 0 spiro atoms. The summed E-state index contributed by atoms with van der Waals surface area (Å²) in [5.74, 6) is -1.61. The molecule has 11 heteroatoms. The van der Waals surface area contributed by atoms with Gasteiger partial charge in [-0.05, 0) is 52.9 Å². The van der Waals surface area contributed by atoms with Gasteiger partial charge in [0.25, 0.3) is 10.9 Å². The lowest BCUT2D eigenvalue weighted by Crippen LogP contribution is -2.39.